The molecule has 0 radical (unpaired) electrons. The van der Waals surface area contributed by atoms with Crippen molar-refractivity contribution >= 4 is 23.3 Å². The van der Waals surface area contributed by atoms with Crippen LogP contribution in [-0.2, 0) is 0 Å². The molecule has 0 saturated heterocycles. The minimum atomic E-state index is -0.318. The summed E-state index contributed by atoms with van der Waals surface area (Å²) in [6.45, 7) is 5.57. The van der Waals surface area contributed by atoms with E-state index in [0.717, 1.165) is 11.4 Å². The standard InChI is InChI=1S/C20H22N6O2/c1-12(2)21-20(28)24-17-9-5-7-15(11-17)19(27)23-16-8-4-6-14(10-16)18-22-13(3)25-26-18/h4-12H,1-3H3,(H,23,27)(H2,21,24,28)(H,22,25,26). The Morgan fingerprint density at radius 2 is 1.71 bits per heavy atom. The fourth-order valence-electron chi connectivity index (χ4n) is 2.58. The number of carbonyl (C=O) groups is 2. The van der Waals surface area contributed by atoms with E-state index in [2.05, 4.69) is 31.1 Å². The van der Waals surface area contributed by atoms with Gasteiger partial charge in [-0.25, -0.2) is 9.78 Å². The molecule has 144 valence electrons. The van der Waals surface area contributed by atoms with Gasteiger partial charge in [-0.2, -0.15) is 5.10 Å². The van der Waals surface area contributed by atoms with Gasteiger partial charge in [0.2, 0.25) is 0 Å². The van der Waals surface area contributed by atoms with Crippen LogP contribution in [0.4, 0.5) is 16.2 Å². The average molecular weight is 378 g/mol. The molecule has 0 unspecified atom stereocenters. The zero-order valence-electron chi connectivity index (χ0n) is 15.9. The highest BCUT2D eigenvalue weighted by Gasteiger charge is 2.10. The minimum Gasteiger partial charge on any atom is -0.336 e. The van der Waals surface area contributed by atoms with E-state index in [4.69, 9.17) is 0 Å². The zero-order valence-corrected chi connectivity index (χ0v) is 15.9. The topological polar surface area (TPSA) is 112 Å². The fraction of sp³-hybridized carbons (Fsp3) is 0.200. The molecule has 0 atom stereocenters. The van der Waals surface area contributed by atoms with Crippen LogP contribution in [0.5, 0.6) is 0 Å². The van der Waals surface area contributed by atoms with Gasteiger partial charge in [0, 0.05) is 28.5 Å². The van der Waals surface area contributed by atoms with Crippen LogP contribution in [0.1, 0.15) is 30.0 Å². The van der Waals surface area contributed by atoms with Crippen LogP contribution in [0.25, 0.3) is 11.4 Å². The molecule has 8 heteroatoms. The van der Waals surface area contributed by atoms with E-state index in [9.17, 15) is 9.59 Å². The van der Waals surface area contributed by atoms with Crippen LogP contribution in [-0.4, -0.2) is 33.2 Å². The van der Waals surface area contributed by atoms with E-state index in [1.54, 1.807) is 36.4 Å². The second-order valence-electron chi connectivity index (χ2n) is 6.61. The van der Waals surface area contributed by atoms with Crippen LogP contribution < -0.4 is 16.0 Å². The van der Waals surface area contributed by atoms with Gasteiger partial charge in [-0.15, -0.1) is 0 Å². The summed E-state index contributed by atoms with van der Waals surface area (Å²) in [5.74, 6) is 1.00. The summed E-state index contributed by atoms with van der Waals surface area (Å²) >= 11 is 0. The van der Waals surface area contributed by atoms with Gasteiger partial charge < -0.3 is 16.0 Å². The summed E-state index contributed by atoms with van der Waals surface area (Å²) in [5.41, 5.74) is 2.39. The molecule has 3 amide bonds. The Morgan fingerprint density at radius 3 is 2.39 bits per heavy atom. The van der Waals surface area contributed by atoms with Crippen molar-refractivity contribution in [2.45, 2.75) is 26.8 Å². The van der Waals surface area contributed by atoms with Gasteiger partial charge in [0.25, 0.3) is 5.91 Å². The summed E-state index contributed by atoms with van der Waals surface area (Å²) in [7, 11) is 0. The third kappa shape index (κ3) is 4.94. The van der Waals surface area contributed by atoms with Gasteiger partial charge in [0.15, 0.2) is 5.82 Å². The number of H-pyrrole nitrogens is 1. The number of hydrogen-bond acceptors (Lipinski definition) is 4. The SMILES string of the molecule is Cc1nc(-c2cccc(NC(=O)c3cccc(NC(=O)NC(C)C)c3)c2)n[nH]1. The number of carbonyl (C=O) groups excluding carboxylic acids is 2. The second kappa shape index (κ2) is 8.34. The lowest BCUT2D eigenvalue weighted by atomic mass is 10.1. The van der Waals surface area contributed by atoms with E-state index in [0.29, 0.717) is 22.8 Å². The van der Waals surface area contributed by atoms with Crippen molar-refractivity contribution in [2.24, 2.45) is 0 Å². The Kier molecular flexibility index (Phi) is 5.69. The van der Waals surface area contributed by atoms with E-state index in [1.807, 2.05) is 32.9 Å². The number of aromatic amines is 1. The van der Waals surface area contributed by atoms with E-state index >= 15 is 0 Å². The molecule has 0 aliphatic heterocycles. The number of aryl methyl sites for hydroxylation is 1. The minimum absolute atomic E-state index is 0.0200. The fourth-order valence-corrected chi connectivity index (χ4v) is 2.58. The Hall–Kier alpha value is -3.68. The molecule has 0 spiro atoms. The van der Waals surface area contributed by atoms with Crippen molar-refractivity contribution in [3.8, 4) is 11.4 Å². The number of nitrogens with zero attached hydrogens (tertiary/aromatic N) is 2. The Labute approximate surface area is 162 Å². The van der Waals surface area contributed by atoms with Crippen molar-refractivity contribution in [1.82, 2.24) is 20.5 Å². The van der Waals surface area contributed by atoms with Crippen LogP contribution >= 0.6 is 0 Å². The van der Waals surface area contributed by atoms with Gasteiger partial charge in [-0.3, -0.25) is 9.89 Å². The van der Waals surface area contributed by atoms with Crippen molar-refractivity contribution < 1.29 is 9.59 Å². The average Bonchev–Trinajstić information content (AvgIpc) is 3.08. The predicted molar refractivity (Wildman–Crippen MR) is 108 cm³/mol. The molecule has 3 rings (SSSR count). The van der Waals surface area contributed by atoms with E-state index in [1.165, 1.54) is 0 Å². The zero-order chi connectivity index (χ0) is 20.1. The molecule has 2 aromatic carbocycles. The number of anilines is 2. The Balaban J connectivity index is 1.71. The molecule has 0 fully saturated rings. The van der Waals surface area contributed by atoms with E-state index < -0.39 is 0 Å². The summed E-state index contributed by atoms with van der Waals surface area (Å²) < 4.78 is 0. The van der Waals surface area contributed by atoms with Gasteiger partial charge in [0.05, 0.1) is 0 Å². The second-order valence-corrected chi connectivity index (χ2v) is 6.61. The number of aromatic nitrogens is 3. The van der Waals surface area contributed by atoms with Crippen LogP contribution in [0, 0.1) is 6.92 Å². The van der Waals surface area contributed by atoms with Crippen LogP contribution in [0.3, 0.4) is 0 Å². The molecule has 1 aromatic heterocycles. The molecule has 0 saturated carbocycles. The maximum absolute atomic E-state index is 12.6. The van der Waals surface area contributed by atoms with Crippen LogP contribution in [0.2, 0.25) is 0 Å². The van der Waals surface area contributed by atoms with E-state index in [-0.39, 0.29) is 18.0 Å². The lowest BCUT2D eigenvalue weighted by molar-refractivity contribution is 0.102. The van der Waals surface area contributed by atoms with Gasteiger partial charge in [0.1, 0.15) is 5.82 Å². The van der Waals surface area contributed by atoms with Crippen LogP contribution in [0.15, 0.2) is 48.5 Å². The lowest BCUT2D eigenvalue weighted by Gasteiger charge is -2.11. The Morgan fingerprint density at radius 1 is 1.00 bits per heavy atom. The van der Waals surface area contributed by atoms with Crippen molar-refractivity contribution in [3.63, 3.8) is 0 Å². The van der Waals surface area contributed by atoms with Crippen molar-refractivity contribution in [3.05, 3.63) is 59.9 Å². The van der Waals surface area contributed by atoms with Crippen molar-refractivity contribution in [2.75, 3.05) is 10.6 Å². The predicted octanol–water partition coefficient (Wildman–Crippen LogP) is 3.56. The lowest BCUT2D eigenvalue weighted by Crippen LogP contribution is -2.34. The normalized spacial score (nSPS) is 10.6. The molecule has 28 heavy (non-hydrogen) atoms. The maximum atomic E-state index is 12.6. The summed E-state index contributed by atoms with van der Waals surface area (Å²) in [6.07, 6.45) is 0. The number of hydrogen-bond donors (Lipinski definition) is 4. The quantitative estimate of drug-likeness (QED) is 0.544. The number of benzene rings is 2. The number of amides is 3. The molecule has 0 aliphatic carbocycles. The molecular formula is C20H22N6O2. The molecule has 0 aliphatic rings. The number of nitrogens with one attached hydrogen (secondary N) is 4. The highest BCUT2D eigenvalue weighted by molar-refractivity contribution is 6.05. The van der Waals surface area contributed by atoms with Gasteiger partial charge in [-0.1, -0.05) is 18.2 Å². The number of rotatable bonds is 5. The summed E-state index contributed by atoms with van der Waals surface area (Å²) in [6, 6.07) is 13.7. The molecule has 4 N–H and O–H groups in total. The first-order valence-corrected chi connectivity index (χ1v) is 8.89. The molecule has 3 aromatic rings. The molecule has 8 nitrogen and oxygen atoms in total. The van der Waals surface area contributed by atoms with Gasteiger partial charge >= 0.3 is 6.03 Å². The third-order valence-corrected chi connectivity index (χ3v) is 3.78. The first-order valence-electron chi connectivity index (χ1n) is 8.89. The number of urea groups is 1. The van der Waals surface area contributed by atoms with Crippen molar-refractivity contribution in [1.29, 1.82) is 0 Å². The monoisotopic (exact) mass is 378 g/mol. The Bertz CT molecular complexity index is 996. The molecular weight excluding hydrogens is 356 g/mol. The summed E-state index contributed by atoms with van der Waals surface area (Å²) in [5, 5.41) is 15.2. The molecule has 0 bridgehead atoms. The maximum Gasteiger partial charge on any atom is 0.319 e. The highest BCUT2D eigenvalue weighted by Crippen LogP contribution is 2.20. The molecule has 1 heterocycles. The first kappa shape index (κ1) is 19.1. The highest BCUT2D eigenvalue weighted by atomic mass is 16.2. The summed E-state index contributed by atoms with van der Waals surface area (Å²) in [4.78, 5) is 28.7. The third-order valence-electron chi connectivity index (χ3n) is 3.78. The van der Waals surface area contributed by atoms with Gasteiger partial charge in [-0.05, 0) is 51.1 Å². The first-order chi connectivity index (χ1) is 13.4. The largest absolute Gasteiger partial charge is 0.336 e. The smallest absolute Gasteiger partial charge is 0.319 e.